The van der Waals surface area contributed by atoms with Gasteiger partial charge in [0, 0.05) is 24.7 Å². The first-order valence-corrected chi connectivity index (χ1v) is 8.74. The second-order valence-electron chi connectivity index (χ2n) is 6.71. The van der Waals surface area contributed by atoms with Gasteiger partial charge < -0.3 is 10.2 Å². The number of hydrogen-bond acceptors (Lipinski definition) is 4. The van der Waals surface area contributed by atoms with E-state index in [1.54, 1.807) is 0 Å². The normalized spacial score (nSPS) is 20.7. The molecule has 0 unspecified atom stereocenters. The van der Waals surface area contributed by atoms with Gasteiger partial charge in [0.25, 0.3) is 0 Å². The minimum absolute atomic E-state index is 0.0648. The Morgan fingerprint density at radius 2 is 1.88 bits per heavy atom. The first kappa shape index (κ1) is 15.1. The number of hydrogen-bond donors (Lipinski definition) is 1. The fourth-order valence-electron chi connectivity index (χ4n) is 3.20. The monoisotopic (exact) mass is 322 g/mol. The van der Waals surface area contributed by atoms with Crippen LogP contribution < -0.4 is 10.2 Å². The van der Waals surface area contributed by atoms with E-state index in [-0.39, 0.29) is 11.8 Å². The van der Waals surface area contributed by atoms with Crippen LogP contribution in [0.25, 0.3) is 11.3 Å². The maximum absolute atomic E-state index is 12.3. The molecule has 2 aromatic rings. The Balaban J connectivity index is 1.44. The number of anilines is 1. The van der Waals surface area contributed by atoms with Crippen LogP contribution in [-0.4, -0.2) is 35.2 Å². The van der Waals surface area contributed by atoms with Gasteiger partial charge in [-0.15, -0.1) is 10.2 Å². The molecule has 4 rings (SSSR count). The number of rotatable bonds is 4. The zero-order valence-corrected chi connectivity index (χ0v) is 13.7. The van der Waals surface area contributed by atoms with Gasteiger partial charge in [0.2, 0.25) is 5.91 Å². The number of benzene rings is 1. The lowest BCUT2D eigenvalue weighted by Crippen LogP contribution is -2.44. The molecule has 124 valence electrons. The summed E-state index contributed by atoms with van der Waals surface area (Å²) in [5, 5.41) is 11.9. The molecule has 1 saturated heterocycles. The molecule has 1 aliphatic heterocycles. The number of carbonyl (C=O) groups excluding carboxylic acids is 1. The SMILES string of the molecule is O=C(NC1CC1)[C@H]1CCCN(c2ccc(-c3ccccc3)nn2)C1. The summed E-state index contributed by atoms with van der Waals surface area (Å²) in [6.07, 6.45) is 4.25. The molecule has 1 aromatic heterocycles. The third-order valence-corrected chi connectivity index (χ3v) is 4.76. The van der Waals surface area contributed by atoms with Gasteiger partial charge in [-0.25, -0.2) is 0 Å². The van der Waals surface area contributed by atoms with Crippen molar-refractivity contribution in [1.29, 1.82) is 0 Å². The van der Waals surface area contributed by atoms with Crippen molar-refractivity contribution in [3.05, 3.63) is 42.5 Å². The molecular weight excluding hydrogens is 300 g/mol. The standard InChI is InChI=1S/C19H22N4O/c24-19(20-16-8-9-16)15-7-4-12-23(13-15)18-11-10-17(21-22-18)14-5-2-1-3-6-14/h1-3,5-6,10-11,15-16H,4,7-9,12-13H2,(H,20,24)/t15-/m0/s1. The summed E-state index contributed by atoms with van der Waals surface area (Å²) in [6, 6.07) is 14.5. The Hall–Kier alpha value is -2.43. The summed E-state index contributed by atoms with van der Waals surface area (Å²) in [7, 11) is 0. The second-order valence-corrected chi connectivity index (χ2v) is 6.71. The highest BCUT2D eigenvalue weighted by atomic mass is 16.2. The summed E-state index contributed by atoms with van der Waals surface area (Å²) in [6.45, 7) is 1.67. The minimum atomic E-state index is 0.0648. The quantitative estimate of drug-likeness (QED) is 0.940. The average molecular weight is 322 g/mol. The molecule has 5 heteroatoms. The van der Waals surface area contributed by atoms with Gasteiger partial charge in [-0.1, -0.05) is 30.3 Å². The molecule has 1 amide bonds. The van der Waals surface area contributed by atoms with Crippen molar-refractivity contribution in [2.24, 2.45) is 5.92 Å². The lowest BCUT2D eigenvalue weighted by atomic mass is 9.97. The topological polar surface area (TPSA) is 58.1 Å². The van der Waals surface area contributed by atoms with Gasteiger partial charge >= 0.3 is 0 Å². The third-order valence-electron chi connectivity index (χ3n) is 4.76. The third kappa shape index (κ3) is 3.40. The van der Waals surface area contributed by atoms with Gasteiger partial charge in [-0.3, -0.25) is 4.79 Å². The molecule has 1 aliphatic carbocycles. The molecule has 0 spiro atoms. The van der Waals surface area contributed by atoms with E-state index < -0.39 is 0 Å². The predicted molar refractivity (Wildman–Crippen MR) is 93.6 cm³/mol. The summed E-state index contributed by atoms with van der Waals surface area (Å²) < 4.78 is 0. The van der Waals surface area contributed by atoms with Crippen LogP contribution in [0.5, 0.6) is 0 Å². The highest BCUT2D eigenvalue weighted by molar-refractivity contribution is 5.80. The molecular formula is C19H22N4O. The van der Waals surface area contributed by atoms with E-state index in [4.69, 9.17) is 0 Å². The van der Waals surface area contributed by atoms with Crippen LogP contribution in [0, 0.1) is 5.92 Å². The summed E-state index contributed by atoms with van der Waals surface area (Å²) >= 11 is 0. The van der Waals surface area contributed by atoms with Crippen molar-refractivity contribution >= 4 is 11.7 Å². The Kier molecular flexibility index (Phi) is 4.15. The highest BCUT2D eigenvalue weighted by Gasteiger charge is 2.30. The van der Waals surface area contributed by atoms with Crippen LogP contribution in [0.2, 0.25) is 0 Å². The predicted octanol–water partition coefficient (Wildman–Crippen LogP) is 2.64. The molecule has 2 fully saturated rings. The highest BCUT2D eigenvalue weighted by Crippen LogP contribution is 2.25. The van der Waals surface area contributed by atoms with Crippen molar-refractivity contribution < 1.29 is 4.79 Å². The second kappa shape index (κ2) is 6.59. The van der Waals surface area contributed by atoms with Gasteiger partial charge in [-0.2, -0.15) is 0 Å². The molecule has 1 atom stereocenters. The lowest BCUT2D eigenvalue weighted by molar-refractivity contribution is -0.125. The smallest absolute Gasteiger partial charge is 0.225 e. The van der Waals surface area contributed by atoms with E-state index in [1.165, 1.54) is 0 Å². The average Bonchev–Trinajstić information content (AvgIpc) is 3.47. The summed E-state index contributed by atoms with van der Waals surface area (Å²) in [5.41, 5.74) is 1.94. The molecule has 1 N–H and O–H groups in total. The minimum Gasteiger partial charge on any atom is -0.354 e. The van der Waals surface area contributed by atoms with Gasteiger partial charge in [0.1, 0.15) is 0 Å². The Labute approximate surface area is 142 Å². The van der Waals surface area contributed by atoms with Gasteiger partial charge in [0.05, 0.1) is 11.6 Å². The van der Waals surface area contributed by atoms with E-state index in [9.17, 15) is 4.79 Å². The molecule has 24 heavy (non-hydrogen) atoms. The van der Waals surface area contributed by atoms with Crippen molar-refractivity contribution in [2.45, 2.75) is 31.7 Å². The van der Waals surface area contributed by atoms with Crippen molar-refractivity contribution in [2.75, 3.05) is 18.0 Å². The number of carbonyl (C=O) groups is 1. The van der Waals surface area contributed by atoms with Crippen molar-refractivity contribution in [3.63, 3.8) is 0 Å². The Morgan fingerprint density at radius 3 is 2.58 bits per heavy atom. The molecule has 2 heterocycles. The summed E-state index contributed by atoms with van der Waals surface area (Å²) in [4.78, 5) is 14.5. The molecule has 1 aromatic carbocycles. The maximum atomic E-state index is 12.3. The zero-order valence-electron chi connectivity index (χ0n) is 13.7. The molecule has 5 nitrogen and oxygen atoms in total. The van der Waals surface area contributed by atoms with Crippen LogP contribution in [0.1, 0.15) is 25.7 Å². The molecule has 0 radical (unpaired) electrons. The Morgan fingerprint density at radius 1 is 1.04 bits per heavy atom. The van der Waals surface area contributed by atoms with Crippen molar-refractivity contribution in [1.82, 2.24) is 15.5 Å². The van der Waals surface area contributed by atoms with E-state index in [0.717, 1.165) is 55.8 Å². The number of piperidine rings is 1. The largest absolute Gasteiger partial charge is 0.354 e. The van der Waals surface area contributed by atoms with E-state index >= 15 is 0 Å². The number of aromatic nitrogens is 2. The fraction of sp³-hybridized carbons (Fsp3) is 0.421. The molecule has 0 bridgehead atoms. The first-order chi connectivity index (χ1) is 11.8. The van der Waals surface area contributed by atoms with Crippen LogP contribution >= 0.6 is 0 Å². The van der Waals surface area contributed by atoms with E-state index in [1.807, 2.05) is 42.5 Å². The molecule has 2 aliphatic rings. The van der Waals surface area contributed by atoms with E-state index in [0.29, 0.717) is 6.04 Å². The van der Waals surface area contributed by atoms with Crippen LogP contribution in [0.4, 0.5) is 5.82 Å². The number of amides is 1. The van der Waals surface area contributed by atoms with E-state index in [2.05, 4.69) is 20.4 Å². The maximum Gasteiger partial charge on any atom is 0.225 e. The van der Waals surface area contributed by atoms with Crippen LogP contribution in [0.15, 0.2) is 42.5 Å². The van der Waals surface area contributed by atoms with Gasteiger partial charge in [0.15, 0.2) is 5.82 Å². The number of nitrogens with one attached hydrogen (secondary N) is 1. The fourth-order valence-corrected chi connectivity index (χ4v) is 3.20. The first-order valence-electron chi connectivity index (χ1n) is 8.74. The summed E-state index contributed by atoms with van der Waals surface area (Å²) in [5.74, 6) is 1.13. The van der Waals surface area contributed by atoms with Crippen LogP contribution in [-0.2, 0) is 4.79 Å². The Bertz CT molecular complexity index is 697. The molecule has 1 saturated carbocycles. The lowest BCUT2D eigenvalue weighted by Gasteiger charge is -2.32. The van der Waals surface area contributed by atoms with Crippen LogP contribution in [0.3, 0.4) is 0 Å². The number of nitrogens with zero attached hydrogens (tertiary/aromatic N) is 3. The van der Waals surface area contributed by atoms with Gasteiger partial charge in [-0.05, 0) is 37.8 Å². The zero-order chi connectivity index (χ0) is 16.4. The van der Waals surface area contributed by atoms with Crippen molar-refractivity contribution in [3.8, 4) is 11.3 Å².